The lowest BCUT2D eigenvalue weighted by atomic mass is 10.2. The molecule has 0 radical (unpaired) electrons. The number of benzene rings is 2. The van der Waals surface area contributed by atoms with Gasteiger partial charge in [0.2, 0.25) is 0 Å². The lowest BCUT2D eigenvalue weighted by molar-refractivity contribution is 0.119. The zero-order chi connectivity index (χ0) is 11.9. The van der Waals surface area contributed by atoms with Crippen LogP contribution < -0.4 is 10.9 Å². The van der Waals surface area contributed by atoms with Crippen LogP contribution in [0.15, 0.2) is 60.7 Å². The van der Waals surface area contributed by atoms with Crippen molar-refractivity contribution < 1.29 is 5.11 Å². The van der Waals surface area contributed by atoms with Crippen molar-refractivity contribution >= 4 is 0 Å². The second-order valence-electron chi connectivity index (χ2n) is 3.80. The predicted octanol–water partition coefficient (Wildman–Crippen LogP) is 1.97. The molecule has 2 aromatic rings. The first-order valence-corrected chi connectivity index (χ1v) is 5.61. The molecule has 0 spiro atoms. The van der Waals surface area contributed by atoms with Gasteiger partial charge in [-0.15, -0.1) is 0 Å². The topological polar surface area (TPSA) is 44.3 Å². The fraction of sp³-hybridized carbons (Fsp3) is 0.143. The number of nitrogens with one attached hydrogen (secondary N) is 2. The molecule has 3 nitrogen and oxygen atoms in total. The summed E-state index contributed by atoms with van der Waals surface area (Å²) >= 11 is 0. The largest absolute Gasteiger partial charge is 0.373 e. The van der Waals surface area contributed by atoms with Gasteiger partial charge in [0.1, 0.15) is 6.23 Å². The van der Waals surface area contributed by atoms with Crippen molar-refractivity contribution in [3.8, 4) is 0 Å². The van der Waals surface area contributed by atoms with Gasteiger partial charge < -0.3 is 5.11 Å². The van der Waals surface area contributed by atoms with Gasteiger partial charge in [0, 0.05) is 6.54 Å². The smallest absolute Gasteiger partial charge is 0.143 e. The van der Waals surface area contributed by atoms with Crippen molar-refractivity contribution in [1.29, 1.82) is 0 Å². The van der Waals surface area contributed by atoms with E-state index in [1.165, 1.54) is 5.56 Å². The molecule has 0 fully saturated rings. The second-order valence-corrected chi connectivity index (χ2v) is 3.80. The quantitative estimate of drug-likeness (QED) is 0.541. The summed E-state index contributed by atoms with van der Waals surface area (Å²) in [6.07, 6.45) is -0.695. The van der Waals surface area contributed by atoms with E-state index >= 15 is 0 Å². The minimum Gasteiger partial charge on any atom is -0.373 e. The fourth-order valence-corrected chi connectivity index (χ4v) is 1.56. The highest BCUT2D eigenvalue weighted by Gasteiger charge is 2.04. The Kier molecular flexibility index (Phi) is 4.27. The van der Waals surface area contributed by atoms with Crippen LogP contribution in [0.5, 0.6) is 0 Å². The molecule has 0 bridgehead atoms. The third-order valence-electron chi connectivity index (χ3n) is 2.49. The zero-order valence-corrected chi connectivity index (χ0v) is 9.51. The Hall–Kier alpha value is -1.68. The first kappa shape index (κ1) is 11.8. The summed E-state index contributed by atoms with van der Waals surface area (Å²) in [5.74, 6) is 0. The van der Waals surface area contributed by atoms with Crippen LogP contribution in [0.25, 0.3) is 0 Å². The van der Waals surface area contributed by atoms with E-state index in [9.17, 15) is 5.11 Å². The van der Waals surface area contributed by atoms with E-state index in [1.807, 2.05) is 60.7 Å². The number of hydrogen-bond acceptors (Lipinski definition) is 3. The molecule has 2 rings (SSSR count). The first-order chi connectivity index (χ1) is 8.36. The molecule has 0 heterocycles. The van der Waals surface area contributed by atoms with Gasteiger partial charge in [-0.3, -0.25) is 5.43 Å². The molecule has 17 heavy (non-hydrogen) atoms. The van der Waals surface area contributed by atoms with Crippen LogP contribution in [0.2, 0.25) is 0 Å². The van der Waals surface area contributed by atoms with Crippen LogP contribution in [0.4, 0.5) is 0 Å². The molecule has 0 saturated carbocycles. The maximum atomic E-state index is 9.82. The van der Waals surface area contributed by atoms with E-state index in [2.05, 4.69) is 10.9 Å². The van der Waals surface area contributed by atoms with Crippen molar-refractivity contribution in [3.05, 3.63) is 71.8 Å². The van der Waals surface area contributed by atoms with E-state index in [0.717, 1.165) is 5.56 Å². The maximum Gasteiger partial charge on any atom is 0.143 e. The molecule has 3 heteroatoms. The van der Waals surface area contributed by atoms with Gasteiger partial charge in [0.05, 0.1) is 0 Å². The van der Waals surface area contributed by atoms with Crippen LogP contribution in [-0.4, -0.2) is 5.11 Å². The minimum atomic E-state index is -0.695. The van der Waals surface area contributed by atoms with Crippen LogP contribution in [0.1, 0.15) is 17.4 Å². The molecule has 1 unspecified atom stereocenters. The van der Waals surface area contributed by atoms with E-state index in [4.69, 9.17) is 0 Å². The monoisotopic (exact) mass is 228 g/mol. The Labute approximate surface area is 101 Å². The Morgan fingerprint density at radius 1 is 0.882 bits per heavy atom. The predicted molar refractivity (Wildman–Crippen MR) is 67.8 cm³/mol. The van der Waals surface area contributed by atoms with Gasteiger partial charge in [0.15, 0.2) is 0 Å². The molecular formula is C14H16N2O. The molecule has 1 atom stereocenters. The second kappa shape index (κ2) is 6.15. The molecule has 88 valence electrons. The van der Waals surface area contributed by atoms with Gasteiger partial charge in [-0.1, -0.05) is 60.7 Å². The van der Waals surface area contributed by atoms with Gasteiger partial charge in [-0.2, -0.15) is 0 Å². The third-order valence-corrected chi connectivity index (χ3v) is 2.49. The molecule has 3 N–H and O–H groups in total. The van der Waals surface area contributed by atoms with Gasteiger partial charge in [-0.05, 0) is 11.1 Å². The SMILES string of the molecule is OC(NNCc1ccccc1)c1ccccc1. The van der Waals surface area contributed by atoms with Crippen LogP contribution >= 0.6 is 0 Å². The standard InChI is InChI=1S/C14H16N2O/c17-14(13-9-5-2-6-10-13)16-15-11-12-7-3-1-4-8-12/h1-10,14-17H,11H2. The van der Waals surface area contributed by atoms with Crippen molar-refractivity contribution in [2.24, 2.45) is 0 Å². The highest BCUT2D eigenvalue weighted by Crippen LogP contribution is 2.07. The summed E-state index contributed by atoms with van der Waals surface area (Å²) < 4.78 is 0. The molecule has 0 aliphatic carbocycles. The van der Waals surface area contributed by atoms with E-state index in [0.29, 0.717) is 6.54 Å². The number of hydrogen-bond donors (Lipinski definition) is 3. The van der Waals surface area contributed by atoms with E-state index in [1.54, 1.807) is 0 Å². The normalized spacial score (nSPS) is 12.3. The molecule has 0 aliphatic rings. The summed E-state index contributed by atoms with van der Waals surface area (Å²) in [5.41, 5.74) is 7.86. The Morgan fingerprint density at radius 3 is 2.12 bits per heavy atom. The number of aliphatic hydroxyl groups excluding tert-OH is 1. The molecule has 0 aliphatic heterocycles. The lowest BCUT2D eigenvalue weighted by Gasteiger charge is -2.14. The molecular weight excluding hydrogens is 212 g/mol. The first-order valence-electron chi connectivity index (χ1n) is 5.61. The molecule has 0 amide bonds. The summed E-state index contributed by atoms with van der Waals surface area (Å²) in [6.45, 7) is 0.671. The summed E-state index contributed by atoms with van der Waals surface area (Å²) in [7, 11) is 0. The lowest BCUT2D eigenvalue weighted by Crippen LogP contribution is -2.34. The highest BCUT2D eigenvalue weighted by atomic mass is 16.3. The summed E-state index contributed by atoms with van der Waals surface area (Å²) in [4.78, 5) is 0. The van der Waals surface area contributed by atoms with Crippen LogP contribution in [0, 0.1) is 0 Å². The number of hydrazine groups is 1. The average Bonchev–Trinajstić information content (AvgIpc) is 2.41. The van der Waals surface area contributed by atoms with Crippen molar-refractivity contribution in [1.82, 2.24) is 10.9 Å². The third kappa shape index (κ3) is 3.67. The number of rotatable bonds is 5. The minimum absolute atomic E-state index is 0.671. The Balaban J connectivity index is 1.79. The fourth-order valence-electron chi connectivity index (χ4n) is 1.56. The van der Waals surface area contributed by atoms with Crippen molar-refractivity contribution in [2.75, 3.05) is 0 Å². The number of aliphatic hydroxyl groups is 1. The Bertz CT molecular complexity index is 430. The maximum absolute atomic E-state index is 9.82. The van der Waals surface area contributed by atoms with Crippen LogP contribution in [-0.2, 0) is 6.54 Å². The molecule has 0 saturated heterocycles. The Morgan fingerprint density at radius 2 is 1.47 bits per heavy atom. The van der Waals surface area contributed by atoms with Gasteiger partial charge in [0.25, 0.3) is 0 Å². The van der Waals surface area contributed by atoms with Crippen molar-refractivity contribution in [2.45, 2.75) is 12.8 Å². The van der Waals surface area contributed by atoms with Gasteiger partial charge in [-0.25, -0.2) is 5.43 Å². The van der Waals surface area contributed by atoms with Crippen molar-refractivity contribution in [3.63, 3.8) is 0 Å². The summed E-state index contributed by atoms with van der Waals surface area (Å²) in [6, 6.07) is 19.5. The van der Waals surface area contributed by atoms with E-state index in [-0.39, 0.29) is 0 Å². The van der Waals surface area contributed by atoms with Crippen LogP contribution in [0.3, 0.4) is 0 Å². The average molecular weight is 228 g/mol. The van der Waals surface area contributed by atoms with E-state index < -0.39 is 6.23 Å². The zero-order valence-electron chi connectivity index (χ0n) is 9.51. The molecule has 2 aromatic carbocycles. The highest BCUT2D eigenvalue weighted by molar-refractivity contribution is 5.17. The van der Waals surface area contributed by atoms with Gasteiger partial charge >= 0.3 is 0 Å². The summed E-state index contributed by atoms with van der Waals surface area (Å²) in [5, 5.41) is 9.82. The molecule has 0 aromatic heterocycles.